The van der Waals surface area contributed by atoms with Gasteiger partial charge in [0.15, 0.2) is 5.58 Å². The molecule has 6 heteroatoms. The minimum absolute atomic E-state index is 0.00794. The third-order valence-electron chi connectivity index (χ3n) is 3.67. The molecule has 2 aromatic rings. The molecule has 2 atom stereocenters. The molecule has 6 nitrogen and oxygen atoms in total. The first-order valence-electron chi connectivity index (χ1n) is 7.01. The number of carbonyl (C=O) groups is 1. The van der Waals surface area contributed by atoms with Gasteiger partial charge in [-0.2, -0.15) is 0 Å². The molecule has 0 fully saturated rings. The molecule has 0 bridgehead atoms. The monoisotopic (exact) mass is 292 g/mol. The Morgan fingerprint density at radius 2 is 2.10 bits per heavy atom. The maximum Gasteiger partial charge on any atom is 0.419 e. The lowest BCUT2D eigenvalue weighted by Crippen LogP contribution is -2.38. The van der Waals surface area contributed by atoms with Crippen LogP contribution in [0.2, 0.25) is 0 Å². The smallest absolute Gasteiger partial charge is 0.408 e. The van der Waals surface area contributed by atoms with E-state index in [0.29, 0.717) is 11.1 Å². The zero-order valence-electron chi connectivity index (χ0n) is 12.2. The molecule has 1 aromatic carbocycles. The fourth-order valence-electron chi connectivity index (χ4n) is 2.07. The first-order chi connectivity index (χ1) is 10.0. The molecule has 21 heavy (non-hydrogen) atoms. The van der Waals surface area contributed by atoms with Crippen LogP contribution in [0.3, 0.4) is 0 Å². The molecule has 1 heterocycles. The molecule has 0 aliphatic heterocycles. The molecule has 114 valence electrons. The number of aliphatic hydroxyl groups is 1. The van der Waals surface area contributed by atoms with Gasteiger partial charge in [-0.15, -0.1) is 0 Å². The number of oxazole rings is 1. The van der Waals surface area contributed by atoms with Gasteiger partial charge in [-0.3, -0.25) is 9.36 Å². The van der Waals surface area contributed by atoms with Gasteiger partial charge in [0, 0.05) is 25.6 Å². The van der Waals surface area contributed by atoms with Gasteiger partial charge in [-0.05, 0) is 25.0 Å². The summed E-state index contributed by atoms with van der Waals surface area (Å²) in [6.45, 7) is 3.99. The average molecular weight is 292 g/mol. The van der Waals surface area contributed by atoms with E-state index in [0.717, 1.165) is 0 Å². The summed E-state index contributed by atoms with van der Waals surface area (Å²) in [5.74, 6) is -0.618. The Morgan fingerprint density at radius 1 is 1.38 bits per heavy atom. The number of hydrogen-bond acceptors (Lipinski definition) is 4. The van der Waals surface area contributed by atoms with Crippen molar-refractivity contribution >= 4 is 17.0 Å². The highest BCUT2D eigenvalue weighted by Gasteiger charge is 2.15. The van der Waals surface area contributed by atoms with Crippen LogP contribution in [0.1, 0.15) is 20.3 Å². The Hall–Kier alpha value is -2.08. The average Bonchev–Trinajstić information content (AvgIpc) is 2.79. The van der Waals surface area contributed by atoms with Crippen molar-refractivity contribution in [3.8, 4) is 0 Å². The van der Waals surface area contributed by atoms with Crippen LogP contribution in [0.5, 0.6) is 0 Å². The Balaban J connectivity index is 2.00. The summed E-state index contributed by atoms with van der Waals surface area (Å²) >= 11 is 0. The van der Waals surface area contributed by atoms with Gasteiger partial charge in [0.2, 0.25) is 5.91 Å². The number of nitrogens with zero attached hydrogens (tertiary/aromatic N) is 1. The number of aromatic nitrogens is 1. The number of carbonyl (C=O) groups excluding carboxylic acids is 1. The number of nitrogens with one attached hydrogen (secondary N) is 1. The lowest BCUT2D eigenvalue weighted by molar-refractivity contribution is -0.122. The predicted molar refractivity (Wildman–Crippen MR) is 78.9 cm³/mol. The Bertz CT molecular complexity index is 674. The third kappa shape index (κ3) is 3.52. The molecule has 1 aromatic heterocycles. The summed E-state index contributed by atoms with van der Waals surface area (Å²) in [7, 11) is 0. The SMILES string of the molecule is CC(CO)C(C)NC(=O)CCn1c(=O)oc2ccccc21. The highest BCUT2D eigenvalue weighted by atomic mass is 16.4. The maximum atomic E-state index is 11.9. The second kappa shape index (κ2) is 6.58. The Morgan fingerprint density at radius 3 is 2.81 bits per heavy atom. The zero-order valence-corrected chi connectivity index (χ0v) is 12.2. The van der Waals surface area contributed by atoms with E-state index in [4.69, 9.17) is 9.52 Å². The molecule has 0 saturated heterocycles. The van der Waals surface area contributed by atoms with Gasteiger partial charge in [0.05, 0.1) is 5.52 Å². The van der Waals surface area contributed by atoms with Crippen LogP contribution in [0.25, 0.3) is 11.1 Å². The summed E-state index contributed by atoms with van der Waals surface area (Å²) in [5, 5.41) is 11.9. The van der Waals surface area contributed by atoms with Crippen molar-refractivity contribution in [1.29, 1.82) is 0 Å². The lowest BCUT2D eigenvalue weighted by Gasteiger charge is -2.19. The standard InChI is InChI=1S/C15H20N2O4/c1-10(9-18)11(2)16-14(19)7-8-17-12-5-3-4-6-13(12)21-15(17)20/h3-6,10-11,18H,7-9H2,1-2H3,(H,16,19). The van der Waals surface area contributed by atoms with Gasteiger partial charge < -0.3 is 14.8 Å². The summed E-state index contributed by atoms with van der Waals surface area (Å²) in [4.78, 5) is 23.6. The van der Waals surface area contributed by atoms with Crippen molar-refractivity contribution < 1.29 is 14.3 Å². The Kier molecular flexibility index (Phi) is 4.80. The molecule has 2 rings (SSSR count). The van der Waals surface area contributed by atoms with Crippen molar-refractivity contribution in [2.24, 2.45) is 5.92 Å². The van der Waals surface area contributed by atoms with E-state index < -0.39 is 5.76 Å². The van der Waals surface area contributed by atoms with E-state index in [-0.39, 0.29) is 37.4 Å². The summed E-state index contributed by atoms with van der Waals surface area (Å²) in [6, 6.07) is 7.01. The maximum absolute atomic E-state index is 11.9. The van der Waals surface area contributed by atoms with Gasteiger partial charge in [-0.25, -0.2) is 4.79 Å². The second-order valence-electron chi connectivity index (χ2n) is 5.25. The number of amides is 1. The molecule has 0 saturated carbocycles. The minimum atomic E-state index is -0.458. The Labute approximate surface area is 122 Å². The van der Waals surface area contributed by atoms with E-state index in [2.05, 4.69) is 5.32 Å². The summed E-state index contributed by atoms with van der Waals surface area (Å²) < 4.78 is 6.56. The van der Waals surface area contributed by atoms with Crippen LogP contribution < -0.4 is 11.1 Å². The molecule has 0 aliphatic rings. The zero-order chi connectivity index (χ0) is 15.4. The highest BCUT2D eigenvalue weighted by Crippen LogP contribution is 2.12. The van der Waals surface area contributed by atoms with Crippen LogP contribution in [-0.4, -0.2) is 28.2 Å². The van der Waals surface area contributed by atoms with Crippen LogP contribution in [0, 0.1) is 5.92 Å². The molecular weight excluding hydrogens is 272 g/mol. The fourth-order valence-corrected chi connectivity index (χ4v) is 2.07. The molecule has 2 N–H and O–H groups in total. The number of para-hydroxylation sites is 2. The number of aryl methyl sites for hydroxylation is 1. The number of benzene rings is 1. The number of fused-ring (bicyclic) bond motifs is 1. The van der Waals surface area contributed by atoms with Crippen molar-refractivity contribution in [2.75, 3.05) is 6.61 Å². The molecule has 0 spiro atoms. The molecule has 2 unspecified atom stereocenters. The first kappa shape index (κ1) is 15.3. The van der Waals surface area contributed by atoms with Crippen molar-refractivity contribution in [3.63, 3.8) is 0 Å². The van der Waals surface area contributed by atoms with Crippen molar-refractivity contribution in [2.45, 2.75) is 32.9 Å². The van der Waals surface area contributed by atoms with E-state index >= 15 is 0 Å². The van der Waals surface area contributed by atoms with Crippen LogP contribution in [0.15, 0.2) is 33.5 Å². The number of rotatable bonds is 6. The first-order valence-corrected chi connectivity index (χ1v) is 7.01. The fraction of sp³-hybridized carbons (Fsp3) is 0.467. The number of hydrogen-bond donors (Lipinski definition) is 2. The van der Waals surface area contributed by atoms with E-state index in [1.807, 2.05) is 19.9 Å². The van der Waals surface area contributed by atoms with Crippen LogP contribution >= 0.6 is 0 Å². The quantitative estimate of drug-likeness (QED) is 0.835. The van der Waals surface area contributed by atoms with Crippen LogP contribution in [0.4, 0.5) is 0 Å². The predicted octanol–water partition coefficient (Wildman–Crippen LogP) is 1.12. The van der Waals surface area contributed by atoms with Gasteiger partial charge >= 0.3 is 5.76 Å². The van der Waals surface area contributed by atoms with E-state index in [1.54, 1.807) is 18.2 Å². The minimum Gasteiger partial charge on any atom is -0.408 e. The molecule has 1 amide bonds. The highest BCUT2D eigenvalue weighted by molar-refractivity contribution is 5.77. The molecule has 0 aliphatic carbocycles. The largest absolute Gasteiger partial charge is 0.419 e. The summed E-state index contributed by atoms with van der Waals surface area (Å²) in [5.41, 5.74) is 1.21. The molecule has 0 radical (unpaired) electrons. The normalized spacial score (nSPS) is 14.0. The third-order valence-corrected chi connectivity index (χ3v) is 3.67. The second-order valence-corrected chi connectivity index (χ2v) is 5.25. The van der Waals surface area contributed by atoms with Crippen LogP contribution in [-0.2, 0) is 11.3 Å². The van der Waals surface area contributed by atoms with Crippen molar-refractivity contribution in [3.05, 3.63) is 34.8 Å². The molecular formula is C15H20N2O4. The van der Waals surface area contributed by atoms with Gasteiger partial charge in [0.25, 0.3) is 0 Å². The number of aliphatic hydroxyl groups excluding tert-OH is 1. The van der Waals surface area contributed by atoms with E-state index in [9.17, 15) is 9.59 Å². The summed E-state index contributed by atoms with van der Waals surface area (Å²) in [6.07, 6.45) is 0.186. The van der Waals surface area contributed by atoms with Gasteiger partial charge in [0.1, 0.15) is 0 Å². The van der Waals surface area contributed by atoms with E-state index in [1.165, 1.54) is 4.57 Å². The lowest BCUT2D eigenvalue weighted by atomic mass is 10.1. The topological polar surface area (TPSA) is 84.5 Å². The van der Waals surface area contributed by atoms with Gasteiger partial charge in [-0.1, -0.05) is 19.1 Å². The van der Waals surface area contributed by atoms with Crippen molar-refractivity contribution in [1.82, 2.24) is 9.88 Å².